The summed E-state index contributed by atoms with van der Waals surface area (Å²) in [6, 6.07) is 11.2. The number of likely N-dealkylation sites (tertiary alicyclic amines) is 1. The number of hydrogen-bond donors (Lipinski definition) is 1. The molecule has 1 saturated heterocycles. The molecule has 0 aliphatic carbocycles. The first-order chi connectivity index (χ1) is 20.7. The lowest BCUT2D eigenvalue weighted by Gasteiger charge is -2.29. The van der Waals surface area contributed by atoms with Crippen LogP contribution in [0.25, 0.3) is 33.1 Å². The Labute approximate surface area is 254 Å². The van der Waals surface area contributed by atoms with Crippen molar-refractivity contribution in [3.63, 3.8) is 0 Å². The maximum Gasteiger partial charge on any atom is 0.269 e. The molecular weight excluding hydrogens is 566 g/mol. The van der Waals surface area contributed by atoms with E-state index >= 15 is 0 Å². The van der Waals surface area contributed by atoms with E-state index in [2.05, 4.69) is 38.0 Å². The van der Waals surface area contributed by atoms with Crippen LogP contribution in [0.3, 0.4) is 0 Å². The smallest absolute Gasteiger partial charge is 0.269 e. The number of aromatic nitrogens is 5. The van der Waals surface area contributed by atoms with Gasteiger partial charge in [0.2, 0.25) is 0 Å². The van der Waals surface area contributed by atoms with E-state index in [-0.39, 0.29) is 17.5 Å². The Morgan fingerprint density at radius 1 is 1.09 bits per heavy atom. The van der Waals surface area contributed by atoms with Crippen LogP contribution in [0.5, 0.6) is 5.75 Å². The van der Waals surface area contributed by atoms with Gasteiger partial charge in [-0.3, -0.25) is 19.1 Å². The van der Waals surface area contributed by atoms with Crippen molar-refractivity contribution in [2.45, 2.75) is 32.2 Å². The average molecular weight is 600 g/mol. The minimum absolute atomic E-state index is 0.0278. The molecule has 1 aliphatic heterocycles. The van der Waals surface area contributed by atoms with Crippen LogP contribution in [0.15, 0.2) is 53.6 Å². The van der Waals surface area contributed by atoms with Gasteiger partial charge in [-0.05, 0) is 75.8 Å². The number of aryl methyl sites for hydroxylation is 2. The number of piperidine rings is 1. The van der Waals surface area contributed by atoms with E-state index in [9.17, 15) is 9.59 Å². The van der Waals surface area contributed by atoms with E-state index in [1.807, 2.05) is 26.2 Å². The number of rotatable bonds is 7. The minimum atomic E-state index is -0.270. The summed E-state index contributed by atoms with van der Waals surface area (Å²) >= 11 is 6.24. The van der Waals surface area contributed by atoms with Crippen LogP contribution in [0.2, 0.25) is 5.15 Å². The molecule has 0 saturated carbocycles. The van der Waals surface area contributed by atoms with Gasteiger partial charge in [0.25, 0.3) is 11.5 Å². The Morgan fingerprint density at radius 2 is 1.88 bits per heavy atom. The molecule has 43 heavy (non-hydrogen) atoms. The Morgan fingerprint density at radius 3 is 2.60 bits per heavy atom. The maximum absolute atomic E-state index is 13.7. The number of nitrogens with zero attached hydrogens (tertiary/aromatic N) is 6. The van der Waals surface area contributed by atoms with Gasteiger partial charge < -0.3 is 15.0 Å². The fraction of sp³-hybridized carbons (Fsp3) is 0.344. The maximum atomic E-state index is 13.7. The molecule has 0 unspecified atom stereocenters. The number of ether oxygens (including phenoxy) is 1. The van der Waals surface area contributed by atoms with Crippen molar-refractivity contribution in [2.75, 3.05) is 33.8 Å². The molecule has 0 atom stereocenters. The van der Waals surface area contributed by atoms with Gasteiger partial charge in [-0.15, -0.1) is 0 Å². The number of halogens is 1. The molecule has 1 aromatic carbocycles. The highest BCUT2D eigenvalue weighted by atomic mass is 35.5. The van der Waals surface area contributed by atoms with Crippen molar-refractivity contribution in [3.05, 3.63) is 81.1 Å². The molecule has 1 amide bonds. The first kappa shape index (κ1) is 28.8. The monoisotopic (exact) mass is 599 g/mol. The molecular formula is C32H34ClN7O3. The average Bonchev–Trinajstić information content (AvgIpc) is 3.45. The zero-order chi connectivity index (χ0) is 30.2. The van der Waals surface area contributed by atoms with Crippen molar-refractivity contribution < 1.29 is 9.53 Å². The second kappa shape index (κ2) is 11.8. The molecule has 222 valence electrons. The van der Waals surface area contributed by atoms with Crippen LogP contribution < -0.4 is 15.6 Å². The zero-order valence-electron chi connectivity index (χ0n) is 24.7. The first-order valence-corrected chi connectivity index (χ1v) is 14.8. The van der Waals surface area contributed by atoms with Gasteiger partial charge in [0, 0.05) is 48.4 Å². The topological polar surface area (TPSA) is 107 Å². The van der Waals surface area contributed by atoms with Crippen LogP contribution in [0, 0.1) is 6.92 Å². The number of fused-ring (bicyclic) bond motifs is 3. The van der Waals surface area contributed by atoms with E-state index in [4.69, 9.17) is 21.4 Å². The van der Waals surface area contributed by atoms with Gasteiger partial charge in [0.1, 0.15) is 27.9 Å². The summed E-state index contributed by atoms with van der Waals surface area (Å²) < 4.78 is 10.1. The Bertz CT molecular complexity index is 1890. The number of amides is 1. The highest BCUT2D eigenvalue weighted by Crippen LogP contribution is 2.33. The van der Waals surface area contributed by atoms with E-state index in [0.29, 0.717) is 46.3 Å². The summed E-state index contributed by atoms with van der Waals surface area (Å²) in [5.41, 5.74) is 4.39. The fourth-order valence-electron chi connectivity index (χ4n) is 6.01. The zero-order valence-corrected chi connectivity index (χ0v) is 25.5. The SMILES string of the molecule is CNC(=O)c1ccc(-c2nc(Cl)ccc2OCCc2cc(C)cc3c(=O)n(C)c4c(cnn4C4CCN(C)CC4)c23)cn1. The lowest BCUT2D eigenvalue weighted by molar-refractivity contribution is 0.0958. The summed E-state index contributed by atoms with van der Waals surface area (Å²) in [5.74, 6) is 0.278. The summed E-state index contributed by atoms with van der Waals surface area (Å²) in [6.07, 6.45) is 6.05. The Hall–Kier alpha value is -4.28. The number of hydrogen-bond acceptors (Lipinski definition) is 7. The van der Waals surface area contributed by atoms with E-state index in [1.54, 1.807) is 42.1 Å². The van der Waals surface area contributed by atoms with Crippen LogP contribution >= 0.6 is 11.6 Å². The summed E-state index contributed by atoms with van der Waals surface area (Å²) in [5, 5.41) is 10.3. The van der Waals surface area contributed by atoms with Gasteiger partial charge in [-0.1, -0.05) is 23.2 Å². The molecule has 5 aromatic rings. The predicted molar refractivity (Wildman–Crippen MR) is 168 cm³/mol. The Kier molecular flexibility index (Phi) is 7.89. The third kappa shape index (κ3) is 5.48. The molecule has 1 aliphatic rings. The number of carbonyl (C=O) groups is 1. The quantitative estimate of drug-likeness (QED) is 0.273. The summed E-state index contributed by atoms with van der Waals surface area (Å²) in [6.45, 7) is 4.36. The molecule has 6 rings (SSSR count). The molecule has 0 spiro atoms. The lowest BCUT2D eigenvalue weighted by atomic mass is 9.98. The second-order valence-electron chi connectivity index (χ2n) is 11.2. The van der Waals surface area contributed by atoms with E-state index < -0.39 is 0 Å². The highest BCUT2D eigenvalue weighted by molar-refractivity contribution is 6.29. The molecule has 1 fully saturated rings. The fourth-order valence-corrected chi connectivity index (χ4v) is 6.16. The molecule has 0 radical (unpaired) electrons. The molecule has 4 aromatic heterocycles. The molecule has 5 heterocycles. The van der Waals surface area contributed by atoms with Gasteiger partial charge >= 0.3 is 0 Å². The lowest BCUT2D eigenvalue weighted by Crippen LogP contribution is -2.32. The van der Waals surface area contributed by atoms with Crippen LogP contribution in [-0.4, -0.2) is 68.9 Å². The van der Waals surface area contributed by atoms with Crippen molar-refractivity contribution in [1.29, 1.82) is 0 Å². The molecule has 0 bridgehead atoms. The number of benzene rings is 1. The first-order valence-electron chi connectivity index (χ1n) is 14.4. The van der Waals surface area contributed by atoms with Crippen molar-refractivity contribution in [3.8, 4) is 17.0 Å². The third-order valence-electron chi connectivity index (χ3n) is 8.24. The molecule has 1 N–H and O–H groups in total. The van der Waals surface area contributed by atoms with Gasteiger partial charge in [0.05, 0.1) is 18.8 Å². The minimum Gasteiger partial charge on any atom is -0.491 e. The van der Waals surface area contributed by atoms with Gasteiger partial charge in [0.15, 0.2) is 0 Å². The van der Waals surface area contributed by atoms with E-state index in [0.717, 1.165) is 53.5 Å². The Balaban J connectivity index is 1.33. The van der Waals surface area contributed by atoms with Crippen molar-refractivity contribution in [2.24, 2.45) is 7.05 Å². The summed E-state index contributed by atoms with van der Waals surface area (Å²) in [4.78, 5) is 36.7. The second-order valence-corrected chi connectivity index (χ2v) is 11.5. The van der Waals surface area contributed by atoms with Crippen LogP contribution in [-0.2, 0) is 13.5 Å². The van der Waals surface area contributed by atoms with Crippen molar-refractivity contribution in [1.82, 2.24) is 34.5 Å². The van der Waals surface area contributed by atoms with Gasteiger partial charge in [-0.25, -0.2) is 9.67 Å². The van der Waals surface area contributed by atoms with Crippen molar-refractivity contribution >= 4 is 39.3 Å². The number of pyridine rings is 3. The number of carbonyl (C=O) groups excluding carboxylic acids is 1. The van der Waals surface area contributed by atoms with Crippen LogP contribution in [0.1, 0.15) is 40.5 Å². The normalized spacial score (nSPS) is 14.4. The number of nitrogens with one attached hydrogen (secondary N) is 1. The molecule has 11 heteroatoms. The standard InChI is InChI=1S/C32H34ClN7O3/c1-19-15-20(11-14-43-26-7-8-27(33)37-29(26)21-5-6-25(35-17-21)30(41)34-2)28-23(16-19)32(42)39(4)31-24(28)18-36-40(31)22-9-12-38(3)13-10-22/h5-8,15-18,22H,9-14H2,1-4H3,(H,34,41). The predicted octanol–water partition coefficient (Wildman–Crippen LogP) is 4.55. The summed E-state index contributed by atoms with van der Waals surface area (Å²) in [7, 11) is 5.54. The largest absolute Gasteiger partial charge is 0.491 e. The van der Waals surface area contributed by atoms with Crippen LogP contribution in [0.4, 0.5) is 0 Å². The van der Waals surface area contributed by atoms with Gasteiger partial charge in [-0.2, -0.15) is 5.10 Å². The molecule has 10 nitrogen and oxygen atoms in total. The van der Waals surface area contributed by atoms with E-state index in [1.165, 1.54) is 0 Å². The highest BCUT2D eigenvalue weighted by Gasteiger charge is 2.24. The third-order valence-corrected chi connectivity index (χ3v) is 8.45.